The molecule has 0 bridgehead atoms. The summed E-state index contributed by atoms with van der Waals surface area (Å²) in [4.78, 5) is 12.6. The number of carbonyl (C=O) groups is 1. The maximum atomic E-state index is 12.6. The number of hydrogen-bond acceptors (Lipinski definition) is 3. The first-order valence-electron chi connectivity index (χ1n) is 10.3. The molecule has 0 spiro atoms. The Bertz CT molecular complexity index is 1020. The number of ether oxygens (including phenoxy) is 1. The van der Waals surface area contributed by atoms with Gasteiger partial charge in [0, 0.05) is 0 Å². The zero-order chi connectivity index (χ0) is 21.1. The molecular formula is C24H29IN2O3. The molecule has 0 saturated carbocycles. The van der Waals surface area contributed by atoms with Crippen LogP contribution in [0.2, 0.25) is 0 Å². The number of benzene rings is 2. The average molecular weight is 520 g/mol. The van der Waals surface area contributed by atoms with E-state index >= 15 is 0 Å². The Morgan fingerprint density at radius 3 is 2.57 bits per heavy atom. The van der Waals surface area contributed by atoms with E-state index in [1.54, 1.807) is 6.07 Å². The first-order chi connectivity index (χ1) is 14.4. The van der Waals surface area contributed by atoms with Crippen LogP contribution in [0.25, 0.3) is 11.0 Å². The van der Waals surface area contributed by atoms with Gasteiger partial charge in [-0.15, -0.1) is 0 Å². The third-order valence-electron chi connectivity index (χ3n) is 5.69. The zero-order valence-electron chi connectivity index (χ0n) is 17.8. The normalized spacial score (nSPS) is 15.6. The van der Waals surface area contributed by atoms with Crippen LogP contribution in [0.1, 0.15) is 34.5 Å². The van der Waals surface area contributed by atoms with Crippen LogP contribution in [-0.4, -0.2) is 42.0 Å². The number of carbonyl (C=O) groups excluding carboxylic acids is 1. The Labute approximate surface area is 188 Å². The van der Waals surface area contributed by atoms with Gasteiger partial charge >= 0.3 is 182 Å². The van der Waals surface area contributed by atoms with Gasteiger partial charge in [0.25, 0.3) is 0 Å². The molecule has 4 rings (SSSR count). The van der Waals surface area contributed by atoms with E-state index in [1.807, 2.05) is 37.3 Å². The molecule has 1 saturated heterocycles. The third kappa shape index (κ3) is 5.04. The number of nitrogens with zero attached hydrogens (tertiary/aromatic N) is 1. The molecule has 1 N–H and O–H groups in total. The van der Waals surface area contributed by atoms with Crippen molar-refractivity contribution in [3.63, 3.8) is 0 Å². The van der Waals surface area contributed by atoms with Crippen LogP contribution in [0.3, 0.4) is 0 Å². The SMILES string of the molecule is Cc1ccc2oc(C(=O)Nc3ccc(C[I-][N+](C)(C)C4CCOCC4)cc3)cc2c1. The summed E-state index contributed by atoms with van der Waals surface area (Å²) in [5, 5.41) is 3.89. The molecule has 2 heterocycles. The minimum absolute atomic E-state index is 0.0247. The summed E-state index contributed by atoms with van der Waals surface area (Å²) in [7, 11) is 4.74. The van der Waals surface area contributed by atoms with Crippen molar-refractivity contribution >= 4 is 22.6 Å². The Morgan fingerprint density at radius 1 is 1.10 bits per heavy atom. The fourth-order valence-corrected chi connectivity index (χ4v) is 6.66. The van der Waals surface area contributed by atoms with Crippen LogP contribution in [0.4, 0.5) is 5.69 Å². The van der Waals surface area contributed by atoms with Gasteiger partial charge in [-0.25, -0.2) is 0 Å². The van der Waals surface area contributed by atoms with E-state index in [-0.39, 0.29) is 27.4 Å². The van der Waals surface area contributed by atoms with Crippen LogP contribution in [0.5, 0.6) is 0 Å². The van der Waals surface area contributed by atoms with Gasteiger partial charge in [-0.3, -0.25) is 0 Å². The first kappa shape index (κ1) is 21.3. The van der Waals surface area contributed by atoms with Crippen molar-refractivity contribution in [2.75, 3.05) is 32.6 Å². The Morgan fingerprint density at radius 2 is 1.83 bits per heavy atom. The molecule has 30 heavy (non-hydrogen) atoms. The van der Waals surface area contributed by atoms with Gasteiger partial charge in [0.15, 0.2) is 0 Å². The second-order valence-electron chi connectivity index (χ2n) is 8.30. The van der Waals surface area contributed by atoms with Crippen molar-refractivity contribution in [1.82, 2.24) is 0 Å². The van der Waals surface area contributed by atoms with Crippen molar-refractivity contribution in [1.29, 1.82) is 0 Å². The number of aryl methyl sites for hydroxylation is 1. The van der Waals surface area contributed by atoms with E-state index in [9.17, 15) is 4.79 Å². The zero-order valence-corrected chi connectivity index (χ0v) is 19.9. The number of rotatable bonds is 6. The van der Waals surface area contributed by atoms with Crippen LogP contribution in [0.15, 0.2) is 52.9 Å². The predicted molar refractivity (Wildman–Crippen MR) is 115 cm³/mol. The van der Waals surface area contributed by atoms with Crippen molar-refractivity contribution in [3.05, 3.63) is 65.4 Å². The third-order valence-corrected chi connectivity index (χ3v) is 9.46. The molecule has 1 fully saturated rings. The second-order valence-corrected chi connectivity index (χ2v) is 12.2. The standard InChI is InChI=1S/C24H29IN2O3/c1-17-4-9-22-19(14-17)15-23(30-22)24(28)26-20-7-5-18(6-8-20)16-25-27(2,3)21-10-12-29-13-11-21/h4-9,14-15,21H,10-13,16H2,1-3H3,(H,26,28). The number of furan rings is 1. The van der Waals surface area contributed by atoms with Gasteiger partial charge in [0.05, 0.1) is 0 Å². The summed E-state index contributed by atoms with van der Waals surface area (Å²) in [5.41, 5.74) is 4.00. The van der Waals surface area contributed by atoms with E-state index in [4.69, 9.17) is 9.15 Å². The molecule has 0 aliphatic carbocycles. The molecule has 1 aromatic heterocycles. The summed E-state index contributed by atoms with van der Waals surface area (Å²) in [6, 6.07) is 16.6. The Hall–Kier alpha value is -1.90. The van der Waals surface area contributed by atoms with Gasteiger partial charge in [-0.1, -0.05) is 0 Å². The summed E-state index contributed by atoms with van der Waals surface area (Å²) < 4.78 is 13.5. The molecule has 0 unspecified atom stereocenters. The number of alkyl halides is 1. The Balaban J connectivity index is 1.35. The summed E-state index contributed by atoms with van der Waals surface area (Å²) in [5.74, 6) is 0.113. The maximum absolute atomic E-state index is 12.6. The van der Waals surface area contributed by atoms with E-state index in [2.05, 4.69) is 31.5 Å². The van der Waals surface area contributed by atoms with Crippen molar-refractivity contribution in [2.24, 2.45) is 0 Å². The topological polar surface area (TPSA) is 51.5 Å². The summed E-state index contributed by atoms with van der Waals surface area (Å²) in [6.45, 7) is 3.82. The fourth-order valence-electron chi connectivity index (χ4n) is 3.76. The number of fused-ring (bicyclic) bond motifs is 1. The molecule has 5 nitrogen and oxygen atoms in total. The van der Waals surface area contributed by atoms with Crippen molar-refractivity contribution in [3.8, 4) is 0 Å². The molecule has 0 atom stereocenters. The predicted octanol–water partition coefficient (Wildman–Crippen LogP) is 1.75. The molecule has 6 heteroatoms. The average Bonchev–Trinajstić information content (AvgIpc) is 3.17. The number of quaternary nitrogens is 1. The molecule has 160 valence electrons. The second kappa shape index (κ2) is 9.08. The first-order valence-corrected chi connectivity index (χ1v) is 12.8. The van der Waals surface area contributed by atoms with Crippen LogP contribution >= 0.6 is 0 Å². The number of nitrogens with one attached hydrogen (secondary N) is 1. The van der Waals surface area contributed by atoms with Gasteiger partial charge in [0.2, 0.25) is 0 Å². The van der Waals surface area contributed by atoms with Crippen LogP contribution in [-0.2, 0) is 9.16 Å². The molecule has 3 aromatic rings. The van der Waals surface area contributed by atoms with E-state index in [0.717, 1.165) is 48.6 Å². The number of halogens is 1. The number of amides is 1. The van der Waals surface area contributed by atoms with E-state index in [1.165, 1.54) is 18.4 Å². The molecule has 0 radical (unpaired) electrons. The molecule has 2 aromatic carbocycles. The van der Waals surface area contributed by atoms with Crippen molar-refractivity contribution in [2.45, 2.75) is 30.2 Å². The van der Waals surface area contributed by atoms with Gasteiger partial charge in [0.1, 0.15) is 0 Å². The number of hydrogen-bond donors (Lipinski definition) is 1. The fraction of sp³-hybridized carbons (Fsp3) is 0.375. The summed E-state index contributed by atoms with van der Waals surface area (Å²) >= 11 is -0.0247. The van der Waals surface area contributed by atoms with Gasteiger partial charge < -0.3 is 0 Å². The van der Waals surface area contributed by atoms with Crippen LogP contribution < -0.4 is 26.8 Å². The quantitative estimate of drug-likeness (QED) is 0.306. The van der Waals surface area contributed by atoms with E-state index in [0.29, 0.717) is 5.76 Å². The monoisotopic (exact) mass is 520 g/mol. The van der Waals surface area contributed by atoms with Crippen LogP contribution in [0, 0.1) is 6.92 Å². The Kier molecular flexibility index (Phi) is 6.46. The molecule has 1 amide bonds. The van der Waals surface area contributed by atoms with Gasteiger partial charge in [-0.2, -0.15) is 0 Å². The van der Waals surface area contributed by atoms with Crippen molar-refractivity contribution < 1.29 is 38.1 Å². The van der Waals surface area contributed by atoms with E-state index < -0.39 is 0 Å². The minimum atomic E-state index is -0.221. The van der Waals surface area contributed by atoms with Gasteiger partial charge in [-0.05, 0) is 6.92 Å². The molecule has 1 aliphatic heterocycles. The molecular weight excluding hydrogens is 491 g/mol. The number of anilines is 1. The summed E-state index contributed by atoms with van der Waals surface area (Å²) in [6.07, 6.45) is 2.33. The molecule has 1 aliphatic rings.